The maximum absolute atomic E-state index is 11.5. The topological polar surface area (TPSA) is 66.3 Å². The van der Waals surface area contributed by atoms with E-state index >= 15 is 0 Å². The highest BCUT2D eigenvalue weighted by Gasteiger charge is 2.59. The van der Waals surface area contributed by atoms with Gasteiger partial charge in [0.2, 0.25) is 5.95 Å². The zero-order valence-electron chi connectivity index (χ0n) is 15.5. The number of aliphatic carboxylic acids is 1. The van der Waals surface area contributed by atoms with Gasteiger partial charge in [-0.25, -0.2) is 9.97 Å². The van der Waals surface area contributed by atoms with E-state index in [1.165, 1.54) is 28.8 Å². The van der Waals surface area contributed by atoms with Gasteiger partial charge >= 0.3 is 5.97 Å². The number of carboxylic acids is 1. The summed E-state index contributed by atoms with van der Waals surface area (Å²) in [4.78, 5) is 23.6. The molecule has 2 fully saturated rings. The Kier molecular flexibility index (Phi) is 3.07. The molecule has 1 saturated heterocycles. The molecule has 3 unspecified atom stereocenters. The smallest absolute Gasteiger partial charge is 0.307 e. The summed E-state index contributed by atoms with van der Waals surface area (Å²) in [6, 6.07) is 7.13. The fourth-order valence-corrected chi connectivity index (χ4v) is 5.48. The van der Waals surface area contributed by atoms with Crippen LogP contribution in [-0.4, -0.2) is 33.6 Å². The van der Waals surface area contributed by atoms with E-state index in [-0.39, 0.29) is 11.8 Å². The molecule has 0 amide bonds. The predicted octanol–water partition coefficient (Wildman–Crippen LogP) is 3.20. The summed E-state index contributed by atoms with van der Waals surface area (Å²) in [6.45, 7) is 3.27. The van der Waals surface area contributed by atoms with Crippen LogP contribution in [0.4, 0.5) is 5.95 Å². The standard InChI is InChI=1S/C22H23N3O2/c1-11-7-8-25(11)22-23-17-4-2-3-14(17)20(24-22)13-6-5-12-9-16-18(15(12)10-13)19(16)21(26)27/h5-6,10-11,16,18-19H,2-4,7-9H2,1H3,(H,26,27)/t11-,16?,18?,19?/m0/s1. The Bertz CT molecular complexity index is 986. The molecule has 4 aliphatic rings. The van der Waals surface area contributed by atoms with Crippen molar-refractivity contribution in [1.82, 2.24) is 9.97 Å². The van der Waals surface area contributed by atoms with Crippen LogP contribution in [0.3, 0.4) is 0 Å². The van der Waals surface area contributed by atoms with E-state index in [0.717, 1.165) is 49.4 Å². The number of anilines is 1. The number of hydrogen-bond donors (Lipinski definition) is 1. The van der Waals surface area contributed by atoms with Crippen molar-refractivity contribution in [3.05, 3.63) is 40.6 Å². The number of carbonyl (C=O) groups is 1. The third-order valence-corrected chi connectivity index (χ3v) is 7.19. The molecule has 1 aliphatic heterocycles. The molecule has 3 aliphatic carbocycles. The first-order valence-corrected chi connectivity index (χ1v) is 10.1. The van der Waals surface area contributed by atoms with Gasteiger partial charge in [-0.15, -0.1) is 0 Å². The lowest BCUT2D eigenvalue weighted by atomic mass is 9.96. The minimum Gasteiger partial charge on any atom is -0.481 e. The van der Waals surface area contributed by atoms with Gasteiger partial charge in [0.1, 0.15) is 0 Å². The van der Waals surface area contributed by atoms with E-state index in [4.69, 9.17) is 9.97 Å². The molecule has 2 heterocycles. The monoisotopic (exact) mass is 361 g/mol. The molecule has 0 radical (unpaired) electrons. The van der Waals surface area contributed by atoms with Gasteiger partial charge in [0.15, 0.2) is 0 Å². The molecular formula is C22H23N3O2. The van der Waals surface area contributed by atoms with Crippen molar-refractivity contribution in [1.29, 1.82) is 0 Å². The summed E-state index contributed by atoms with van der Waals surface area (Å²) in [5, 5.41) is 9.43. The quantitative estimate of drug-likeness (QED) is 0.909. The molecular weight excluding hydrogens is 338 g/mol. The van der Waals surface area contributed by atoms with Crippen LogP contribution in [0, 0.1) is 11.8 Å². The third-order valence-electron chi connectivity index (χ3n) is 7.19. The predicted molar refractivity (Wildman–Crippen MR) is 102 cm³/mol. The first kappa shape index (κ1) is 15.6. The van der Waals surface area contributed by atoms with Gasteiger partial charge < -0.3 is 10.0 Å². The van der Waals surface area contributed by atoms with Crippen molar-refractivity contribution in [2.24, 2.45) is 11.8 Å². The number of benzene rings is 1. The van der Waals surface area contributed by atoms with E-state index in [0.29, 0.717) is 12.0 Å². The number of aromatic nitrogens is 2. The average Bonchev–Trinajstić information content (AvgIpc) is 2.98. The minimum absolute atomic E-state index is 0.179. The normalized spacial score (nSPS) is 29.7. The Balaban J connectivity index is 1.44. The Morgan fingerprint density at radius 2 is 2.15 bits per heavy atom. The second-order valence-electron chi connectivity index (χ2n) is 8.65. The van der Waals surface area contributed by atoms with Crippen LogP contribution in [0.1, 0.15) is 48.1 Å². The fourth-order valence-electron chi connectivity index (χ4n) is 5.48. The van der Waals surface area contributed by atoms with Crippen molar-refractivity contribution in [3.63, 3.8) is 0 Å². The Morgan fingerprint density at radius 1 is 1.26 bits per heavy atom. The average molecular weight is 361 g/mol. The summed E-state index contributed by atoms with van der Waals surface area (Å²) in [5.74, 6) is 0.570. The molecule has 1 N–H and O–H groups in total. The van der Waals surface area contributed by atoms with Crippen molar-refractivity contribution in [3.8, 4) is 11.3 Å². The Labute approximate surface area is 158 Å². The van der Waals surface area contributed by atoms with Crippen LogP contribution in [-0.2, 0) is 24.1 Å². The lowest BCUT2D eigenvalue weighted by Crippen LogP contribution is -2.46. The van der Waals surface area contributed by atoms with Gasteiger partial charge in [0, 0.05) is 35.3 Å². The fraction of sp³-hybridized carbons (Fsp3) is 0.500. The van der Waals surface area contributed by atoms with Crippen LogP contribution in [0.25, 0.3) is 11.3 Å². The van der Waals surface area contributed by atoms with Crippen molar-refractivity contribution in [2.45, 2.75) is 51.0 Å². The highest BCUT2D eigenvalue weighted by Crippen LogP contribution is 2.61. The third kappa shape index (κ3) is 2.14. The van der Waals surface area contributed by atoms with Gasteiger partial charge in [-0.3, -0.25) is 4.79 Å². The number of carboxylic acid groups (broad SMARTS) is 1. The second-order valence-corrected chi connectivity index (χ2v) is 8.65. The van der Waals surface area contributed by atoms with Gasteiger partial charge in [-0.1, -0.05) is 12.1 Å². The molecule has 4 atom stereocenters. The summed E-state index contributed by atoms with van der Waals surface area (Å²) >= 11 is 0. The second kappa shape index (κ2) is 5.31. The van der Waals surface area contributed by atoms with Crippen LogP contribution in [0.15, 0.2) is 18.2 Å². The minimum atomic E-state index is -0.641. The molecule has 138 valence electrons. The molecule has 0 spiro atoms. The Morgan fingerprint density at radius 3 is 2.89 bits per heavy atom. The lowest BCUT2D eigenvalue weighted by molar-refractivity contribution is -0.139. The van der Waals surface area contributed by atoms with Gasteiger partial charge in [-0.05, 0) is 62.1 Å². The zero-order chi connectivity index (χ0) is 18.3. The van der Waals surface area contributed by atoms with Gasteiger partial charge in [0.25, 0.3) is 0 Å². The summed E-state index contributed by atoms with van der Waals surface area (Å²) in [6.07, 6.45) is 5.34. The molecule has 1 saturated carbocycles. The van der Waals surface area contributed by atoms with Crippen LogP contribution in [0.2, 0.25) is 0 Å². The Hall–Kier alpha value is -2.43. The van der Waals surface area contributed by atoms with E-state index in [9.17, 15) is 9.90 Å². The first-order valence-electron chi connectivity index (χ1n) is 10.1. The van der Waals surface area contributed by atoms with E-state index in [1.807, 2.05) is 0 Å². The van der Waals surface area contributed by atoms with E-state index < -0.39 is 5.97 Å². The molecule has 2 aromatic rings. The van der Waals surface area contributed by atoms with Crippen LogP contribution < -0.4 is 4.90 Å². The number of aryl methyl sites for hydroxylation is 1. The highest BCUT2D eigenvalue weighted by atomic mass is 16.4. The van der Waals surface area contributed by atoms with Crippen LogP contribution >= 0.6 is 0 Å². The summed E-state index contributed by atoms with van der Waals surface area (Å²) in [5.41, 5.74) is 7.29. The van der Waals surface area contributed by atoms with Crippen LogP contribution in [0.5, 0.6) is 0 Å². The molecule has 27 heavy (non-hydrogen) atoms. The summed E-state index contributed by atoms with van der Waals surface area (Å²) < 4.78 is 0. The van der Waals surface area contributed by atoms with Crippen molar-refractivity contribution in [2.75, 3.05) is 11.4 Å². The van der Waals surface area contributed by atoms with Crippen molar-refractivity contribution >= 4 is 11.9 Å². The molecule has 1 aromatic carbocycles. The molecule has 1 aromatic heterocycles. The summed E-state index contributed by atoms with van der Waals surface area (Å²) in [7, 11) is 0. The maximum Gasteiger partial charge on any atom is 0.307 e. The lowest BCUT2D eigenvalue weighted by Gasteiger charge is -2.39. The SMILES string of the molecule is C[C@H]1CCN1c1nc2c(c(-c3ccc4c(c3)C3C(C4)C3C(=O)O)n1)CCC2. The number of rotatable bonds is 3. The molecule has 6 rings (SSSR count). The molecule has 5 nitrogen and oxygen atoms in total. The first-order chi connectivity index (χ1) is 13.1. The molecule has 5 heteroatoms. The zero-order valence-corrected chi connectivity index (χ0v) is 15.5. The van der Waals surface area contributed by atoms with Gasteiger partial charge in [-0.2, -0.15) is 0 Å². The van der Waals surface area contributed by atoms with E-state index in [2.05, 4.69) is 30.0 Å². The van der Waals surface area contributed by atoms with Gasteiger partial charge in [0.05, 0.1) is 11.6 Å². The number of hydrogen-bond acceptors (Lipinski definition) is 4. The molecule has 0 bridgehead atoms. The van der Waals surface area contributed by atoms with E-state index in [1.54, 1.807) is 0 Å². The largest absolute Gasteiger partial charge is 0.481 e. The van der Waals surface area contributed by atoms with Crippen molar-refractivity contribution < 1.29 is 9.90 Å². The maximum atomic E-state index is 11.5. The number of fused-ring (bicyclic) bond motifs is 4. The highest BCUT2D eigenvalue weighted by molar-refractivity contribution is 5.79. The number of nitrogens with zero attached hydrogens (tertiary/aromatic N) is 3.